The lowest BCUT2D eigenvalue weighted by molar-refractivity contribution is -0.138. The molecule has 0 bridgehead atoms. The molecule has 3 nitrogen and oxygen atoms in total. The zero-order valence-corrected chi connectivity index (χ0v) is 9.84. The first kappa shape index (κ1) is 13.0. The Hall–Kier alpha value is -1.11. The largest absolute Gasteiger partial charge is 0.406 e. The van der Waals surface area contributed by atoms with Gasteiger partial charge in [0.2, 0.25) is 0 Å². The molecule has 16 heavy (non-hydrogen) atoms. The second kappa shape index (κ2) is 4.82. The van der Waals surface area contributed by atoms with E-state index in [-0.39, 0.29) is 5.56 Å². The van der Waals surface area contributed by atoms with Gasteiger partial charge in [0.15, 0.2) is 0 Å². The van der Waals surface area contributed by atoms with Crippen LogP contribution in [0.25, 0.3) is 0 Å². The predicted octanol–water partition coefficient (Wildman–Crippen LogP) is 2.48. The molecule has 0 radical (unpaired) electrons. The van der Waals surface area contributed by atoms with E-state index in [0.29, 0.717) is 9.50 Å². The number of nitrogens with zero attached hydrogens (tertiary/aromatic N) is 2. The molecule has 0 saturated heterocycles. The molecule has 0 saturated carbocycles. The van der Waals surface area contributed by atoms with Crippen molar-refractivity contribution >= 4 is 21.8 Å². The monoisotopic (exact) mass is 296 g/mol. The molecule has 1 heterocycles. The highest BCUT2D eigenvalue weighted by atomic mass is 79.9. The van der Waals surface area contributed by atoms with Crippen LogP contribution in [0.2, 0.25) is 0 Å². The minimum Gasteiger partial charge on any atom is -0.333 e. The van der Waals surface area contributed by atoms with Crippen molar-refractivity contribution in [2.24, 2.45) is 0 Å². The van der Waals surface area contributed by atoms with E-state index in [1.54, 1.807) is 0 Å². The molecule has 0 aliphatic rings. The van der Waals surface area contributed by atoms with Gasteiger partial charge in [-0.05, 0) is 28.1 Å². The summed E-state index contributed by atoms with van der Waals surface area (Å²) in [7, 11) is 1.10. The topological polar surface area (TPSA) is 33.2 Å². The lowest BCUT2D eigenvalue weighted by Crippen LogP contribution is -2.35. The van der Waals surface area contributed by atoms with Crippen LogP contribution in [0.3, 0.4) is 0 Å². The highest BCUT2D eigenvalue weighted by molar-refractivity contribution is 9.10. The second-order valence-electron chi connectivity index (χ2n) is 3.15. The van der Waals surface area contributed by atoms with Gasteiger partial charge in [-0.3, -0.25) is 4.79 Å². The van der Waals surface area contributed by atoms with Crippen LogP contribution in [-0.4, -0.2) is 35.6 Å². The molecule has 1 rings (SSSR count). The van der Waals surface area contributed by atoms with Crippen LogP contribution in [0.4, 0.5) is 13.2 Å². The molecule has 7 heteroatoms. The molecule has 1 aromatic rings. The van der Waals surface area contributed by atoms with Gasteiger partial charge in [0.1, 0.15) is 11.1 Å². The second-order valence-corrected chi connectivity index (χ2v) is 3.96. The van der Waals surface area contributed by atoms with Crippen LogP contribution >= 0.6 is 15.9 Å². The fourth-order valence-electron chi connectivity index (χ4n) is 1.06. The lowest BCUT2D eigenvalue weighted by Gasteiger charge is -2.18. The van der Waals surface area contributed by atoms with Crippen molar-refractivity contribution < 1.29 is 18.0 Å². The number of hydrogen-bond donors (Lipinski definition) is 0. The van der Waals surface area contributed by atoms with Gasteiger partial charge < -0.3 is 4.90 Å². The van der Waals surface area contributed by atoms with Crippen LogP contribution in [0.5, 0.6) is 0 Å². The van der Waals surface area contributed by atoms with Crippen LogP contribution < -0.4 is 0 Å². The Kier molecular flexibility index (Phi) is 3.90. The van der Waals surface area contributed by atoms with Gasteiger partial charge in [0.05, 0.1) is 5.56 Å². The predicted molar refractivity (Wildman–Crippen MR) is 55.0 cm³/mol. The van der Waals surface area contributed by atoms with Gasteiger partial charge in [-0.1, -0.05) is 0 Å². The number of aromatic nitrogens is 1. The molecule has 1 aromatic heterocycles. The number of alkyl halides is 3. The number of carbonyl (C=O) groups excluding carboxylic acids is 1. The molecule has 0 spiro atoms. The molecule has 0 aromatic carbocycles. The summed E-state index contributed by atoms with van der Waals surface area (Å²) < 4.78 is 36.6. The summed E-state index contributed by atoms with van der Waals surface area (Å²) in [5.74, 6) is -0.711. The van der Waals surface area contributed by atoms with Gasteiger partial charge in [0.25, 0.3) is 5.91 Å². The highest BCUT2D eigenvalue weighted by Crippen LogP contribution is 2.17. The summed E-state index contributed by atoms with van der Waals surface area (Å²) in [6, 6.07) is 2.90. The quantitative estimate of drug-likeness (QED) is 0.786. The summed E-state index contributed by atoms with van der Waals surface area (Å²) in [4.78, 5) is 15.9. The standard InChI is InChI=1S/C9H8BrF3N2O/c1-15(5-9(11,12)13)8(16)6-2-3-7(10)14-4-6/h2-4H,5H2,1H3. The van der Waals surface area contributed by atoms with E-state index < -0.39 is 18.6 Å². The Morgan fingerprint density at radius 2 is 2.12 bits per heavy atom. The third kappa shape index (κ3) is 3.80. The molecule has 88 valence electrons. The average molecular weight is 297 g/mol. The number of carbonyl (C=O) groups is 1. The maximum atomic E-state index is 12.0. The van der Waals surface area contributed by atoms with Crippen LogP contribution in [0.1, 0.15) is 10.4 Å². The van der Waals surface area contributed by atoms with E-state index in [4.69, 9.17) is 0 Å². The lowest BCUT2D eigenvalue weighted by atomic mass is 10.2. The molecule has 1 amide bonds. The van der Waals surface area contributed by atoms with Crippen LogP contribution in [0, 0.1) is 0 Å². The molecule has 0 unspecified atom stereocenters. The van der Waals surface area contributed by atoms with E-state index in [0.717, 1.165) is 7.05 Å². The first-order chi connectivity index (χ1) is 7.29. The number of hydrogen-bond acceptors (Lipinski definition) is 2. The van der Waals surface area contributed by atoms with Gasteiger partial charge >= 0.3 is 6.18 Å². The normalized spacial score (nSPS) is 11.3. The van der Waals surface area contributed by atoms with E-state index >= 15 is 0 Å². The van der Waals surface area contributed by atoms with Gasteiger partial charge in [-0.25, -0.2) is 4.98 Å². The van der Waals surface area contributed by atoms with Crippen LogP contribution in [-0.2, 0) is 0 Å². The maximum Gasteiger partial charge on any atom is 0.406 e. The van der Waals surface area contributed by atoms with E-state index in [2.05, 4.69) is 20.9 Å². The van der Waals surface area contributed by atoms with Crippen molar-refractivity contribution in [1.82, 2.24) is 9.88 Å². The number of pyridine rings is 1. The molecule has 0 aliphatic heterocycles. The van der Waals surface area contributed by atoms with Crippen molar-refractivity contribution in [2.75, 3.05) is 13.6 Å². The fraction of sp³-hybridized carbons (Fsp3) is 0.333. The van der Waals surface area contributed by atoms with E-state index in [9.17, 15) is 18.0 Å². The Morgan fingerprint density at radius 1 is 1.50 bits per heavy atom. The Bertz CT molecular complexity index is 377. The molecule has 0 atom stereocenters. The maximum absolute atomic E-state index is 12.0. The highest BCUT2D eigenvalue weighted by Gasteiger charge is 2.31. The number of halogens is 4. The first-order valence-corrected chi connectivity index (χ1v) is 5.02. The summed E-state index contributed by atoms with van der Waals surface area (Å²) in [5, 5.41) is 0. The zero-order chi connectivity index (χ0) is 12.3. The first-order valence-electron chi connectivity index (χ1n) is 4.23. The van der Waals surface area contributed by atoms with Crippen LogP contribution in [0.15, 0.2) is 22.9 Å². The third-order valence-corrected chi connectivity index (χ3v) is 2.21. The molecular formula is C9H8BrF3N2O. The number of rotatable bonds is 2. The molecular weight excluding hydrogens is 289 g/mol. The summed E-state index contributed by atoms with van der Waals surface area (Å²) in [6.07, 6.45) is -3.17. The SMILES string of the molecule is CN(CC(F)(F)F)C(=O)c1ccc(Br)nc1. The molecule has 0 aliphatic carbocycles. The van der Waals surface area contributed by atoms with Crippen molar-refractivity contribution in [1.29, 1.82) is 0 Å². The summed E-state index contributed by atoms with van der Waals surface area (Å²) in [6.45, 7) is -1.28. The third-order valence-electron chi connectivity index (χ3n) is 1.74. The Balaban J connectivity index is 2.74. The van der Waals surface area contributed by atoms with Crippen molar-refractivity contribution in [3.63, 3.8) is 0 Å². The van der Waals surface area contributed by atoms with Gasteiger partial charge in [-0.15, -0.1) is 0 Å². The fourth-order valence-corrected chi connectivity index (χ4v) is 1.30. The average Bonchev–Trinajstić information content (AvgIpc) is 2.15. The van der Waals surface area contributed by atoms with E-state index in [1.807, 2.05) is 0 Å². The molecule has 0 fully saturated rings. The van der Waals surface area contributed by atoms with Crippen molar-refractivity contribution in [2.45, 2.75) is 6.18 Å². The minimum absolute atomic E-state index is 0.120. The van der Waals surface area contributed by atoms with Gasteiger partial charge in [0, 0.05) is 13.2 Å². The smallest absolute Gasteiger partial charge is 0.333 e. The van der Waals surface area contributed by atoms with Crippen molar-refractivity contribution in [3.8, 4) is 0 Å². The number of amides is 1. The van der Waals surface area contributed by atoms with Gasteiger partial charge in [-0.2, -0.15) is 13.2 Å². The molecule has 0 N–H and O–H groups in total. The Morgan fingerprint density at radius 3 is 2.56 bits per heavy atom. The van der Waals surface area contributed by atoms with Crippen molar-refractivity contribution in [3.05, 3.63) is 28.5 Å². The van der Waals surface area contributed by atoms with E-state index in [1.165, 1.54) is 18.3 Å². The zero-order valence-electron chi connectivity index (χ0n) is 8.25. The Labute approximate surface area is 98.4 Å². The minimum atomic E-state index is -4.40. The summed E-state index contributed by atoms with van der Waals surface area (Å²) >= 11 is 3.06. The summed E-state index contributed by atoms with van der Waals surface area (Å²) in [5.41, 5.74) is 0.120.